The number of pyridine rings is 1. The summed E-state index contributed by atoms with van der Waals surface area (Å²) in [6.45, 7) is 0. The van der Waals surface area contributed by atoms with Gasteiger partial charge in [-0.1, -0.05) is 12.1 Å². The minimum absolute atomic E-state index is 0.265. The Kier molecular flexibility index (Phi) is 6.72. The van der Waals surface area contributed by atoms with Crippen molar-refractivity contribution in [1.82, 2.24) is 4.98 Å². The lowest BCUT2D eigenvalue weighted by molar-refractivity contribution is 0.0997. The van der Waals surface area contributed by atoms with Crippen LogP contribution in [0.1, 0.15) is 51.0 Å². The van der Waals surface area contributed by atoms with Crippen LogP contribution in [-0.2, 0) is 12.8 Å². The number of fused-ring (bicyclic) bond motifs is 1. The second-order valence-electron chi connectivity index (χ2n) is 8.29. The molecular formula is C27H27N3O4S. The van der Waals surface area contributed by atoms with Gasteiger partial charge in [0.15, 0.2) is 17.3 Å². The Morgan fingerprint density at radius 2 is 1.91 bits per heavy atom. The number of aromatic nitrogens is 1. The predicted octanol–water partition coefficient (Wildman–Crippen LogP) is 6.09. The molecule has 1 aliphatic rings. The van der Waals surface area contributed by atoms with Crippen LogP contribution >= 0.6 is 11.3 Å². The molecule has 35 heavy (non-hydrogen) atoms. The highest BCUT2D eigenvalue weighted by Gasteiger charge is 2.30. The Bertz CT molecular complexity index is 1300. The average molecular weight is 490 g/mol. The Balaban J connectivity index is 1.64. The fraction of sp³-hybridized carbons (Fsp3) is 0.259. The maximum Gasteiger partial charge on any atom is 0.291 e. The van der Waals surface area contributed by atoms with Crippen molar-refractivity contribution in [2.24, 2.45) is 0 Å². The van der Waals surface area contributed by atoms with Gasteiger partial charge < -0.3 is 24.5 Å². The Labute approximate surface area is 208 Å². The van der Waals surface area contributed by atoms with Crippen LogP contribution in [0.2, 0.25) is 0 Å². The second kappa shape index (κ2) is 10.2. The Morgan fingerprint density at radius 1 is 1.06 bits per heavy atom. The molecule has 1 aromatic carbocycles. The number of nitrogens with zero attached hydrogens (tertiary/aromatic N) is 1. The number of carbonyl (C=O) groups is 1. The summed E-state index contributed by atoms with van der Waals surface area (Å²) in [5, 5.41) is 7.56. The zero-order chi connectivity index (χ0) is 24.2. The summed E-state index contributed by atoms with van der Waals surface area (Å²) in [4.78, 5) is 18.8. The lowest BCUT2D eigenvalue weighted by Gasteiger charge is -2.24. The monoisotopic (exact) mass is 489 g/mol. The number of nitrogens with one attached hydrogen (secondary N) is 2. The molecule has 1 amide bonds. The van der Waals surface area contributed by atoms with E-state index in [1.807, 2.05) is 36.4 Å². The minimum atomic E-state index is -0.269. The van der Waals surface area contributed by atoms with E-state index in [1.165, 1.54) is 16.7 Å². The number of hydrogen-bond donors (Lipinski definition) is 2. The van der Waals surface area contributed by atoms with Gasteiger partial charge in [0.2, 0.25) is 0 Å². The number of ether oxygens (including phenoxy) is 2. The first-order valence-electron chi connectivity index (χ1n) is 11.6. The summed E-state index contributed by atoms with van der Waals surface area (Å²) in [5.74, 6) is 2.06. The van der Waals surface area contributed by atoms with Crippen molar-refractivity contribution < 1.29 is 18.7 Å². The minimum Gasteiger partial charge on any atom is -0.493 e. The van der Waals surface area contributed by atoms with Crippen molar-refractivity contribution in [2.75, 3.05) is 24.9 Å². The summed E-state index contributed by atoms with van der Waals surface area (Å²) in [6, 6.07) is 14.8. The molecule has 0 spiro atoms. The second-order valence-corrected chi connectivity index (χ2v) is 9.40. The maximum absolute atomic E-state index is 13.0. The van der Waals surface area contributed by atoms with E-state index in [9.17, 15) is 4.79 Å². The summed E-state index contributed by atoms with van der Waals surface area (Å²) >= 11 is 1.65. The fourth-order valence-corrected chi connectivity index (χ4v) is 5.83. The SMILES string of the molecule is COc1ccc([C@@H](Nc2ccccn2)c2c(NC(=O)c3ccco3)sc3c2CCCC3)cc1OC. The average Bonchev–Trinajstić information content (AvgIpc) is 3.56. The smallest absolute Gasteiger partial charge is 0.291 e. The summed E-state index contributed by atoms with van der Waals surface area (Å²) in [6.07, 6.45) is 7.50. The zero-order valence-corrected chi connectivity index (χ0v) is 20.5. The predicted molar refractivity (Wildman–Crippen MR) is 137 cm³/mol. The first-order valence-corrected chi connectivity index (χ1v) is 12.4. The van der Waals surface area contributed by atoms with Crippen LogP contribution in [0.5, 0.6) is 11.5 Å². The number of rotatable bonds is 8. The number of thiophene rings is 1. The van der Waals surface area contributed by atoms with Crippen LogP contribution in [0, 0.1) is 0 Å². The number of aryl methyl sites for hydroxylation is 1. The largest absolute Gasteiger partial charge is 0.493 e. The highest BCUT2D eigenvalue weighted by atomic mass is 32.1. The maximum atomic E-state index is 13.0. The topological polar surface area (TPSA) is 85.6 Å². The van der Waals surface area contributed by atoms with E-state index < -0.39 is 0 Å². The third-order valence-electron chi connectivity index (χ3n) is 6.17. The van der Waals surface area contributed by atoms with E-state index in [2.05, 4.69) is 15.6 Å². The molecule has 0 aliphatic heterocycles. The molecule has 5 rings (SSSR count). The standard InChI is InChI=1S/C27H27N3O4S/c1-32-19-13-12-17(16-21(19)33-2)25(29-23-11-5-6-14-28-23)24-18-8-3-4-10-22(18)35-27(24)30-26(31)20-9-7-15-34-20/h5-7,9,11-16,25H,3-4,8,10H2,1-2H3,(H,28,29)(H,30,31)/t25-/m1/s1. The van der Waals surface area contributed by atoms with Crippen LogP contribution in [0.3, 0.4) is 0 Å². The molecule has 4 aromatic rings. The third-order valence-corrected chi connectivity index (χ3v) is 7.39. The van der Waals surface area contributed by atoms with E-state index in [0.717, 1.165) is 47.6 Å². The third kappa shape index (κ3) is 4.74. The van der Waals surface area contributed by atoms with Gasteiger partial charge in [0.1, 0.15) is 10.8 Å². The molecule has 0 saturated heterocycles. The number of anilines is 2. The molecule has 1 atom stereocenters. The van der Waals surface area contributed by atoms with Crippen molar-refractivity contribution in [3.8, 4) is 11.5 Å². The van der Waals surface area contributed by atoms with Gasteiger partial charge in [-0.25, -0.2) is 4.98 Å². The number of amides is 1. The van der Waals surface area contributed by atoms with Crippen molar-refractivity contribution in [1.29, 1.82) is 0 Å². The molecular weight excluding hydrogens is 462 g/mol. The van der Waals surface area contributed by atoms with Crippen molar-refractivity contribution in [3.63, 3.8) is 0 Å². The van der Waals surface area contributed by atoms with E-state index in [1.54, 1.807) is 43.9 Å². The van der Waals surface area contributed by atoms with E-state index in [-0.39, 0.29) is 17.7 Å². The van der Waals surface area contributed by atoms with Gasteiger partial charge in [0.05, 0.1) is 26.5 Å². The highest BCUT2D eigenvalue weighted by Crippen LogP contribution is 2.45. The van der Waals surface area contributed by atoms with Gasteiger partial charge in [-0.15, -0.1) is 11.3 Å². The summed E-state index contributed by atoms with van der Waals surface area (Å²) in [7, 11) is 3.25. The molecule has 0 saturated carbocycles. The van der Waals surface area contributed by atoms with Crippen LogP contribution in [0.4, 0.5) is 10.8 Å². The molecule has 1 aliphatic carbocycles. The van der Waals surface area contributed by atoms with Gasteiger partial charge in [-0.05, 0) is 73.2 Å². The molecule has 0 fully saturated rings. The van der Waals surface area contributed by atoms with Gasteiger partial charge in [-0.3, -0.25) is 4.79 Å². The molecule has 0 unspecified atom stereocenters. The molecule has 0 bridgehead atoms. The van der Waals surface area contributed by atoms with E-state index >= 15 is 0 Å². The molecule has 180 valence electrons. The van der Waals surface area contributed by atoms with Crippen LogP contribution in [0.25, 0.3) is 0 Å². The van der Waals surface area contributed by atoms with Gasteiger partial charge >= 0.3 is 0 Å². The van der Waals surface area contributed by atoms with Crippen LogP contribution in [-0.4, -0.2) is 25.1 Å². The summed E-state index contributed by atoms with van der Waals surface area (Å²) in [5.41, 5.74) is 3.33. The number of furan rings is 1. The number of benzene rings is 1. The lowest BCUT2D eigenvalue weighted by atomic mass is 9.89. The molecule has 3 heterocycles. The lowest BCUT2D eigenvalue weighted by Crippen LogP contribution is -2.19. The first kappa shape index (κ1) is 23.0. The Morgan fingerprint density at radius 3 is 2.66 bits per heavy atom. The summed E-state index contributed by atoms with van der Waals surface area (Å²) < 4.78 is 16.4. The Hall–Kier alpha value is -3.78. The van der Waals surface area contributed by atoms with Gasteiger partial charge in [0.25, 0.3) is 5.91 Å². The first-order chi connectivity index (χ1) is 17.2. The number of methoxy groups -OCH3 is 2. The molecule has 7 nitrogen and oxygen atoms in total. The van der Waals surface area contributed by atoms with Gasteiger partial charge in [-0.2, -0.15) is 0 Å². The molecule has 2 N–H and O–H groups in total. The van der Waals surface area contributed by atoms with Crippen LogP contribution in [0.15, 0.2) is 65.4 Å². The van der Waals surface area contributed by atoms with Crippen LogP contribution < -0.4 is 20.1 Å². The molecule has 8 heteroatoms. The van der Waals surface area contributed by atoms with Crippen molar-refractivity contribution in [2.45, 2.75) is 31.7 Å². The molecule has 3 aromatic heterocycles. The highest BCUT2D eigenvalue weighted by molar-refractivity contribution is 7.16. The molecule has 0 radical (unpaired) electrons. The zero-order valence-electron chi connectivity index (χ0n) is 19.7. The number of carbonyl (C=O) groups excluding carboxylic acids is 1. The van der Waals surface area contributed by atoms with Gasteiger partial charge in [0, 0.05) is 16.6 Å². The number of hydrogen-bond acceptors (Lipinski definition) is 7. The quantitative estimate of drug-likeness (QED) is 0.312. The van der Waals surface area contributed by atoms with E-state index in [0.29, 0.717) is 11.5 Å². The normalized spacial score (nSPS) is 13.5. The van der Waals surface area contributed by atoms with E-state index in [4.69, 9.17) is 13.9 Å². The van der Waals surface area contributed by atoms with Crippen molar-refractivity contribution >= 4 is 28.1 Å². The van der Waals surface area contributed by atoms with Crippen molar-refractivity contribution in [3.05, 3.63) is 88.3 Å². The fourth-order valence-electron chi connectivity index (χ4n) is 4.51.